The summed E-state index contributed by atoms with van der Waals surface area (Å²) in [5.74, 6) is 0. The van der Waals surface area contributed by atoms with Crippen molar-refractivity contribution in [2.45, 2.75) is 19.3 Å². The summed E-state index contributed by atoms with van der Waals surface area (Å²) in [6.07, 6.45) is 1.98. The lowest BCUT2D eigenvalue weighted by Gasteiger charge is -2.28. The van der Waals surface area contributed by atoms with Crippen LogP contribution in [0.3, 0.4) is 0 Å². The first-order chi connectivity index (χ1) is 20.5. The van der Waals surface area contributed by atoms with Crippen LogP contribution >= 0.6 is 0 Å². The third-order valence-corrected chi connectivity index (χ3v) is 9.04. The van der Waals surface area contributed by atoms with Crippen LogP contribution in [0.2, 0.25) is 0 Å². The zero-order chi connectivity index (χ0) is 28.4. The van der Waals surface area contributed by atoms with Crippen LogP contribution in [-0.4, -0.2) is 6.54 Å². The van der Waals surface area contributed by atoms with Gasteiger partial charge in [-0.1, -0.05) is 111 Å². The van der Waals surface area contributed by atoms with Crippen LogP contribution < -0.4 is 4.90 Å². The molecule has 0 N–H and O–H groups in total. The average molecular weight is 542 g/mol. The van der Waals surface area contributed by atoms with Crippen LogP contribution in [0.1, 0.15) is 25.0 Å². The van der Waals surface area contributed by atoms with Gasteiger partial charge in [-0.3, -0.25) is 0 Å². The second kappa shape index (κ2) is 9.22. The molecule has 8 rings (SSSR count). The Morgan fingerprint density at radius 1 is 0.643 bits per heavy atom. The number of fused-ring (bicyclic) bond motifs is 7. The minimum atomic E-state index is -0.0648. The highest BCUT2D eigenvalue weighted by molar-refractivity contribution is 6.13. The number of benzene rings is 6. The average Bonchev–Trinajstić information content (AvgIpc) is 3.50. The van der Waals surface area contributed by atoms with Gasteiger partial charge in [-0.15, -0.1) is 6.58 Å². The molecule has 0 saturated carbocycles. The second-order valence-electron chi connectivity index (χ2n) is 11.8. The van der Waals surface area contributed by atoms with Crippen molar-refractivity contribution in [2.75, 3.05) is 11.4 Å². The molecule has 0 unspecified atom stereocenters. The number of para-hydroxylation sites is 2. The van der Waals surface area contributed by atoms with Crippen LogP contribution in [-0.2, 0) is 5.41 Å². The molecule has 6 aromatic carbocycles. The zero-order valence-electron chi connectivity index (χ0n) is 23.9. The third kappa shape index (κ3) is 3.58. The van der Waals surface area contributed by atoms with Crippen LogP contribution in [0.5, 0.6) is 0 Å². The van der Waals surface area contributed by atoms with E-state index >= 15 is 0 Å². The fraction of sp³-hybridized carbons (Fsp3) is 0.100. The van der Waals surface area contributed by atoms with Crippen molar-refractivity contribution in [1.29, 1.82) is 0 Å². The number of anilines is 2. The Bertz CT molecular complexity index is 2180. The highest BCUT2D eigenvalue weighted by Gasteiger charge is 2.35. The fourth-order valence-electron chi connectivity index (χ4n) is 6.96. The monoisotopic (exact) mass is 541 g/mol. The SMILES string of the molecule is C=CCN(c1ccc2c(c1)C(C)(C)c1ccccc1-2)c1ccccc1-c1cccc2c1oc1cc3ccccc3cc12. The maximum atomic E-state index is 6.63. The van der Waals surface area contributed by atoms with Gasteiger partial charge in [0.05, 0.1) is 0 Å². The highest BCUT2D eigenvalue weighted by atomic mass is 16.3. The lowest BCUT2D eigenvalue weighted by atomic mass is 9.82. The van der Waals surface area contributed by atoms with Crippen LogP contribution in [0.15, 0.2) is 138 Å². The summed E-state index contributed by atoms with van der Waals surface area (Å²) < 4.78 is 6.63. The number of furan rings is 1. The molecule has 2 heteroatoms. The van der Waals surface area contributed by atoms with Crippen LogP contribution in [0.4, 0.5) is 11.4 Å². The predicted molar refractivity (Wildman–Crippen MR) is 178 cm³/mol. The Morgan fingerprint density at radius 3 is 2.17 bits per heavy atom. The molecule has 0 bridgehead atoms. The Kier molecular flexibility index (Phi) is 5.42. The molecule has 7 aromatic rings. The molecule has 202 valence electrons. The molecule has 0 saturated heterocycles. The first kappa shape index (κ1) is 24.7. The summed E-state index contributed by atoms with van der Waals surface area (Å²) in [6, 6.07) is 43.7. The molecule has 1 aliphatic carbocycles. The van der Waals surface area contributed by atoms with Gasteiger partial charge in [0, 0.05) is 45.2 Å². The number of hydrogen-bond acceptors (Lipinski definition) is 2. The molecule has 0 aliphatic heterocycles. The van der Waals surface area contributed by atoms with E-state index in [1.807, 2.05) is 6.08 Å². The van der Waals surface area contributed by atoms with Crippen molar-refractivity contribution in [2.24, 2.45) is 0 Å². The van der Waals surface area contributed by atoms with E-state index < -0.39 is 0 Å². The minimum absolute atomic E-state index is 0.0648. The van der Waals surface area contributed by atoms with Gasteiger partial charge in [0.2, 0.25) is 0 Å². The zero-order valence-corrected chi connectivity index (χ0v) is 23.9. The van der Waals surface area contributed by atoms with E-state index in [0.29, 0.717) is 6.54 Å². The van der Waals surface area contributed by atoms with Crippen molar-refractivity contribution in [1.82, 2.24) is 0 Å². The van der Waals surface area contributed by atoms with Gasteiger partial charge in [-0.2, -0.15) is 0 Å². The highest BCUT2D eigenvalue weighted by Crippen LogP contribution is 2.50. The molecule has 0 amide bonds. The molecular formula is C40H31NO. The summed E-state index contributed by atoms with van der Waals surface area (Å²) in [7, 11) is 0. The Labute approximate surface area is 246 Å². The molecule has 0 atom stereocenters. The largest absolute Gasteiger partial charge is 0.455 e. The van der Waals surface area contributed by atoms with E-state index in [-0.39, 0.29) is 5.41 Å². The maximum Gasteiger partial charge on any atom is 0.143 e. The van der Waals surface area contributed by atoms with Gasteiger partial charge in [-0.05, 0) is 63.4 Å². The number of nitrogens with zero attached hydrogens (tertiary/aromatic N) is 1. The molecule has 0 radical (unpaired) electrons. The normalized spacial score (nSPS) is 13.4. The van der Waals surface area contributed by atoms with Gasteiger partial charge in [0.1, 0.15) is 11.2 Å². The van der Waals surface area contributed by atoms with Gasteiger partial charge >= 0.3 is 0 Å². The first-order valence-electron chi connectivity index (χ1n) is 14.6. The van der Waals surface area contributed by atoms with Gasteiger partial charge < -0.3 is 9.32 Å². The first-order valence-corrected chi connectivity index (χ1v) is 14.6. The molecule has 0 spiro atoms. The summed E-state index contributed by atoms with van der Waals surface area (Å²) in [5.41, 5.74) is 11.7. The van der Waals surface area contributed by atoms with E-state index in [0.717, 1.165) is 44.4 Å². The van der Waals surface area contributed by atoms with E-state index in [4.69, 9.17) is 4.42 Å². The summed E-state index contributed by atoms with van der Waals surface area (Å²) in [6.45, 7) is 9.48. The summed E-state index contributed by atoms with van der Waals surface area (Å²) in [5, 5.41) is 4.68. The molecular weight excluding hydrogens is 510 g/mol. The number of hydrogen-bond donors (Lipinski definition) is 0. The summed E-state index contributed by atoms with van der Waals surface area (Å²) in [4.78, 5) is 2.37. The topological polar surface area (TPSA) is 16.4 Å². The fourth-order valence-corrected chi connectivity index (χ4v) is 6.96. The Balaban J connectivity index is 1.30. The Morgan fingerprint density at radius 2 is 1.33 bits per heavy atom. The van der Waals surface area contributed by atoms with E-state index in [1.54, 1.807) is 0 Å². The quantitative estimate of drug-likeness (QED) is 0.202. The van der Waals surface area contributed by atoms with E-state index in [2.05, 4.69) is 147 Å². The van der Waals surface area contributed by atoms with Gasteiger partial charge in [0.25, 0.3) is 0 Å². The van der Waals surface area contributed by atoms with Gasteiger partial charge in [-0.25, -0.2) is 0 Å². The van der Waals surface area contributed by atoms with Crippen molar-refractivity contribution in [3.8, 4) is 22.3 Å². The van der Waals surface area contributed by atoms with Crippen LogP contribution in [0.25, 0.3) is 55.0 Å². The van der Waals surface area contributed by atoms with Gasteiger partial charge in [0.15, 0.2) is 0 Å². The van der Waals surface area contributed by atoms with Crippen molar-refractivity contribution in [3.63, 3.8) is 0 Å². The molecule has 42 heavy (non-hydrogen) atoms. The lowest BCUT2D eigenvalue weighted by Crippen LogP contribution is -2.19. The number of rotatable bonds is 5. The van der Waals surface area contributed by atoms with Crippen molar-refractivity contribution in [3.05, 3.63) is 145 Å². The maximum absolute atomic E-state index is 6.63. The van der Waals surface area contributed by atoms with E-state index in [9.17, 15) is 0 Å². The molecule has 1 aromatic heterocycles. The van der Waals surface area contributed by atoms with E-state index in [1.165, 1.54) is 33.0 Å². The lowest BCUT2D eigenvalue weighted by molar-refractivity contribution is 0.660. The Hall–Kier alpha value is -5.08. The van der Waals surface area contributed by atoms with Crippen molar-refractivity contribution < 1.29 is 4.42 Å². The smallest absolute Gasteiger partial charge is 0.143 e. The predicted octanol–water partition coefficient (Wildman–Crippen LogP) is 11.0. The van der Waals surface area contributed by atoms with Crippen molar-refractivity contribution >= 4 is 44.1 Å². The third-order valence-electron chi connectivity index (χ3n) is 9.04. The second-order valence-corrected chi connectivity index (χ2v) is 11.8. The van der Waals surface area contributed by atoms with Crippen LogP contribution in [0, 0.1) is 0 Å². The summed E-state index contributed by atoms with van der Waals surface area (Å²) >= 11 is 0. The standard InChI is InChI=1S/C40H31NO/c1-4-22-41(28-20-21-30-29-14-7-9-18-35(29)40(2,3)36(30)25-28)37-19-10-8-15-31(37)32-16-11-17-33-34-23-26-12-5-6-13-27(26)24-38(34)42-39(32)33/h4-21,23-25H,1,22H2,2-3H3. The molecule has 2 nitrogen and oxygen atoms in total. The molecule has 1 aliphatic rings. The molecule has 1 heterocycles. The molecule has 0 fully saturated rings. The minimum Gasteiger partial charge on any atom is -0.455 e.